The fourth-order valence-electron chi connectivity index (χ4n) is 2.77. The van der Waals surface area contributed by atoms with Crippen LogP contribution in [0.5, 0.6) is 0 Å². The standard InChI is InChI=1S/C15H22FNO/c1-4-17-14(15(3)8-5-9-18-15)12-10-11(2)6-7-13(12)16/h6-7,10,14,17H,4-5,8-9H2,1-3H3. The third-order valence-corrected chi connectivity index (χ3v) is 3.73. The molecule has 1 aliphatic heterocycles. The highest BCUT2D eigenvalue weighted by atomic mass is 19.1. The number of nitrogens with one attached hydrogen (secondary N) is 1. The van der Waals surface area contributed by atoms with Gasteiger partial charge in [0.25, 0.3) is 0 Å². The van der Waals surface area contributed by atoms with Gasteiger partial charge in [0.05, 0.1) is 11.6 Å². The van der Waals surface area contributed by atoms with Crippen molar-refractivity contribution >= 4 is 0 Å². The lowest BCUT2D eigenvalue weighted by molar-refractivity contribution is -0.0130. The van der Waals surface area contributed by atoms with Crippen molar-refractivity contribution in [2.45, 2.75) is 45.3 Å². The average Bonchev–Trinajstić information content (AvgIpc) is 2.77. The Balaban J connectivity index is 2.37. The second-order valence-electron chi connectivity index (χ2n) is 5.28. The predicted octanol–water partition coefficient (Wildman–Crippen LogP) is 3.35. The van der Waals surface area contributed by atoms with Crippen LogP contribution in [0, 0.1) is 12.7 Å². The molecule has 0 amide bonds. The van der Waals surface area contributed by atoms with Crippen molar-refractivity contribution in [3.8, 4) is 0 Å². The Hall–Kier alpha value is -0.930. The number of rotatable bonds is 4. The van der Waals surface area contributed by atoms with E-state index in [1.54, 1.807) is 12.1 Å². The Morgan fingerprint density at radius 1 is 1.50 bits per heavy atom. The maximum atomic E-state index is 14.1. The minimum atomic E-state index is -0.301. The lowest BCUT2D eigenvalue weighted by atomic mass is 9.87. The van der Waals surface area contributed by atoms with Gasteiger partial charge in [-0.15, -0.1) is 0 Å². The molecule has 2 atom stereocenters. The summed E-state index contributed by atoms with van der Waals surface area (Å²) in [5.41, 5.74) is 1.50. The molecule has 0 aliphatic carbocycles. The molecule has 1 aromatic carbocycles. The first-order valence-corrected chi connectivity index (χ1v) is 6.70. The van der Waals surface area contributed by atoms with Crippen LogP contribution in [0.4, 0.5) is 4.39 Å². The van der Waals surface area contributed by atoms with Crippen molar-refractivity contribution in [3.63, 3.8) is 0 Å². The van der Waals surface area contributed by atoms with Crippen LogP contribution in [0.3, 0.4) is 0 Å². The topological polar surface area (TPSA) is 21.3 Å². The molecule has 3 heteroatoms. The first-order valence-electron chi connectivity index (χ1n) is 6.70. The fourth-order valence-corrected chi connectivity index (χ4v) is 2.77. The molecule has 18 heavy (non-hydrogen) atoms. The predicted molar refractivity (Wildman–Crippen MR) is 71.1 cm³/mol. The Labute approximate surface area is 109 Å². The smallest absolute Gasteiger partial charge is 0.128 e. The Bertz CT molecular complexity index is 413. The van der Waals surface area contributed by atoms with Crippen LogP contribution in [-0.4, -0.2) is 18.8 Å². The summed E-state index contributed by atoms with van der Waals surface area (Å²) in [5.74, 6) is -0.150. The van der Waals surface area contributed by atoms with Crippen LogP contribution in [0.15, 0.2) is 18.2 Å². The monoisotopic (exact) mass is 251 g/mol. The molecule has 2 rings (SSSR count). The van der Waals surface area contributed by atoms with Crippen molar-refractivity contribution < 1.29 is 9.13 Å². The van der Waals surface area contributed by atoms with Crippen LogP contribution in [-0.2, 0) is 4.74 Å². The van der Waals surface area contributed by atoms with E-state index in [-0.39, 0.29) is 17.5 Å². The summed E-state index contributed by atoms with van der Waals surface area (Å²) in [5, 5.41) is 3.38. The van der Waals surface area contributed by atoms with Crippen LogP contribution < -0.4 is 5.32 Å². The van der Waals surface area contributed by atoms with Crippen molar-refractivity contribution in [1.82, 2.24) is 5.32 Å². The number of hydrogen-bond acceptors (Lipinski definition) is 2. The quantitative estimate of drug-likeness (QED) is 0.886. The van der Waals surface area contributed by atoms with Gasteiger partial charge in [-0.1, -0.05) is 24.6 Å². The first-order chi connectivity index (χ1) is 8.57. The second kappa shape index (κ2) is 5.37. The molecule has 1 saturated heterocycles. The summed E-state index contributed by atoms with van der Waals surface area (Å²) < 4.78 is 19.9. The summed E-state index contributed by atoms with van der Waals surface area (Å²) in [7, 11) is 0. The van der Waals surface area contributed by atoms with Gasteiger partial charge in [0.15, 0.2) is 0 Å². The number of ether oxygens (including phenoxy) is 1. The van der Waals surface area contributed by atoms with E-state index in [9.17, 15) is 4.39 Å². The molecule has 0 radical (unpaired) electrons. The molecule has 0 saturated carbocycles. The average molecular weight is 251 g/mol. The second-order valence-corrected chi connectivity index (χ2v) is 5.28. The van der Waals surface area contributed by atoms with Gasteiger partial charge in [-0.05, 0) is 39.3 Å². The summed E-state index contributed by atoms with van der Waals surface area (Å²) in [4.78, 5) is 0. The highest BCUT2D eigenvalue weighted by molar-refractivity contribution is 5.29. The van der Waals surface area contributed by atoms with Gasteiger partial charge in [0.2, 0.25) is 0 Å². The van der Waals surface area contributed by atoms with Crippen molar-refractivity contribution in [2.75, 3.05) is 13.2 Å². The van der Waals surface area contributed by atoms with E-state index < -0.39 is 0 Å². The van der Waals surface area contributed by atoms with Gasteiger partial charge in [0.1, 0.15) is 5.82 Å². The van der Waals surface area contributed by atoms with Crippen molar-refractivity contribution in [3.05, 3.63) is 35.1 Å². The third-order valence-electron chi connectivity index (χ3n) is 3.73. The Morgan fingerprint density at radius 3 is 2.89 bits per heavy atom. The van der Waals surface area contributed by atoms with Gasteiger partial charge in [-0.2, -0.15) is 0 Å². The van der Waals surface area contributed by atoms with E-state index in [0.29, 0.717) is 0 Å². The summed E-state index contributed by atoms with van der Waals surface area (Å²) >= 11 is 0. The van der Waals surface area contributed by atoms with Gasteiger partial charge < -0.3 is 10.1 Å². The van der Waals surface area contributed by atoms with Crippen LogP contribution in [0.25, 0.3) is 0 Å². The molecule has 0 bridgehead atoms. The molecular formula is C15H22FNO. The molecule has 1 aromatic rings. The van der Waals surface area contributed by atoms with Gasteiger partial charge in [-0.25, -0.2) is 4.39 Å². The number of hydrogen-bond donors (Lipinski definition) is 1. The molecule has 100 valence electrons. The first kappa shape index (κ1) is 13.5. The maximum absolute atomic E-state index is 14.1. The van der Waals surface area contributed by atoms with Crippen molar-refractivity contribution in [1.29, 1.82) is 0 Å². The zero-order valence-electron chi connectivity index (χ0n) is 11.4. The largest absolute Gasteiger partial charge is 0.373 e. The lowest BCUT2D eigenvalue weighted by Crippen LogP contribution is -2.41. The normalized spacial score (nSPS) is 25.3. The zero-order chi connectivity index (χ0) is 13.2. The molecular weight excluding hydrogens is 229 g/mol. The molecule has 2 nitrogen and oxygen atoms in total. The Morgan fingerprint density at radius 2 is 2.28 bits per heavy atom. The van der Waals surface area contributed by atoms with Crippen molar-refractivity contribution in [2.24, 2.45) is 0 Å². The number of likely N-dealkylation sites (N-methyl/N-ethyl adjacent to an activating group) is 1. The van der Waals surface area contributed by atoms with E-state index in [0.717, 1.165) is 37.1 Å². The van der Waals surface area contributed by atoms with E-state index in [1.807, 2.05) is 19.9 Å². The molecule has 0 aromatic heterocycles. The molecule has 1 fully saturated rings. The zero-order valence-corrected chi connectivity index (χ0v) is 11.4. The van der Waals surface area contributed by atoms with Gasteiger partial charge >= 0.3 is 0 Å². The molecule has 0 spiro atoms. The van der Waals surface area contributed by atoms with E-state index in [1.165, 1.54) is 0 Å². The third kappa shape index (κ3) is 2.57. The minimum absolute atomic E-state index is 0.0788. The van der Waals surface area contributed by atoms with E-state index in [2.05, 4.69) is 12.2 Å². The minimum Gasteiger partial charge on any atom is -0.373 e. The lowest BCUT2D eigenvalue weighted by Gasteiger charge is -2.34. The molecule has 1 N–H and O–H groups in total. The molecule has 2 unspecified atom stereocenters. The number of halogens is 1. The number of aryl methyl sites for hydroxylation is 1. The summed E-state index contributed by atoms with van der Waals surface area (Å²) in [6, 6.07) is 5.20. The highest BCUT2D eigenvalue weighted by Gasteiger charge is 2.40. The SMILES string of the molecule is CCNC(c1cc(C)ccc1F)C1(C)CCCO1. The van der Waals surface area contributed by atoms with Gasteiger partial charge in [-0.3, -0.25) is 0 Å². The van der Waals surface area contributed by atoms with Gasteiger partial charge in [0, 0.05) is 12.2 Å². The Kier molecular flexibility index (Phi) is 4.03. The highest BCUT2D eigenvalue weighted by Crippen LogP contribution is 2.38. The van der Waals surface area contributed by atoms with E-state index >= 15 is 0 Å². The maximum Gasteiger partial charge on any atom is 0.128 e. The van der Waals surface area contributed by atoms with Crippen LogP contribution in [0.2, 0.25) is 0 Å². The number of benzene rings is 1. The molecule has 1 heterocycles. The van der Waals surface area contributed by atoms with Crippen LogP contribution in [0.1, 0.15) is 43.9 Å². The summed E-state index contributed by atoms with van der Waals surface area (Å²) in [6.07, 6.45) is 2.02. The van der Waals surface area contributed by atoms with E-state index in [4.69, 9.17) is 4.74 Å². The summed E-state index contributed by atoms with van der Waals surface area (Å²) in [6.45, 7) is 7.68. The molecule has 1 aliphatic rings. The van der Waals surface area contributed by atoms with Crippen LogP contribution >= 0.6 is 0 Å². The fraction of sp³-hybridized carbons (Fsp3) is 0.600.